The van der Waals surface area contributed by atoms with Crippen LogP contribution in [0.25, 0.3) is 0 Å². The second-order valence-corrected chi connectivity index (χ2v) is 5.27. The molecule has 0 bridgehead atoms. The van der Waals surface area contributed by atoms with Crippen LogP contribution < -0.4 is 10.6 Å². The minimum absolute atomic E-state index is 0.0201. The van der Waals surface area contributed by atoms with E-state index in [2.05, 4.69) is 15.4 Å². The van der Waals surface area contributed by atoms with Gasteiger partial charge in [0, 0.05) is 12.1 Å². The van der Waals surface area contributed by atoms with Crippen molar-refractivity contribution in [1.29, 1.82) is 0 Å². The molecule has 0 spiro atoms. The Kier molecular flexibility index (Phi) is 5.86. The second kappa shape index (κ2) is 8.08. The highest BCUT2D eigenvalue weighted by atomic mass is 35.5. The summed E-state index contributed by atoms with van der Waals surface area (Å²) in [5, 5.41) is 15.3. The Labute approximate surface area is 152 Å². The first-order valence-electron chi connectivity index (χ1n) is 7.07. The van der Waals surface area contributed by atoms with Gasteiger partial charge in [-0.25, -0.2) is 4.79 Å². The average Bonchev–Trinajstić information content (AvgIpc) is 2.63. The molecule has 0 aliphatic rings. The van der Waals surface area contributed by atoms with Crippen molar-refractivity contribution in [3.63, 3.8) is 0 Å². The number of hydrogen-bond donors (Lipinski definition) is 2. The number of hydrogen-bond acceptors (Lipinski definition) is 6. The van der Waals surface area contributed by atoms with Gasteiger partial charge in [-0.2, -0.15) is 0 Å². The summed E-state index contributed by atoms with van der Waals surface area (Å²) in [6.45, 7) is 0. The zero-order chi connectivity index (χ0) is 19.3. The molecule has 2 rings (SSSR count). The molecule has 0 aliphatic carbocycles. The fourth-order valence-corrected chi connectivity index (χ4v) is 2.13. The molecular formula is C16H12ClN3O6. The van der Waals surface area contributed by atoms with E-state index in [4.69, 9.17) is 11.6 Å². The third-order valence-electron chi connectivity index (χ3n) is 3.20. The summed E-state index contributed by atoms with van der Waals surface area (Å²) in [7, 11) is 1.18. The third-order valence-corrected chi connectivity index (χ3v) is 3.53. The van der Waals surface area contributed by atoms with Crippen LogP contribution in [0.2, 0.25) is 5.02 Å². The summed E-state index contributed by atoms with van der Waals surface area (Å²) < 4.78 is 4.59. The van der Waals surface area contributed by atoms with Crippen LogP contribution in [-0.2, 0) is 14.3 Å². The van der Waals surface area contributed by atoms with Gasteiger partial charge in [-0.15, -0.1) is 0 Å². The molecule has 0 fully saturated rings. The fourth-order valence-electron chi connectivity index (χ4n) is 1.96. The van der Waals surface area contributed by atoms with Gasteiger partial charge in [0.2, 0.25) is 0 Å². The van der Waals surface area contributed by atoms with Crippen LogP contribution in [0.5, 0.6) is 0 Å². The number of ether oxygens (including phenoxy) is 1. The lowest BCUT2D eigenvalue weighted by Crippen LogP contribution is -2.29. The molecule has 2 N–H and O–H groups in total. The molecule has 9 nitrogen and oxygen atoms in total. The normalized spacial score (nSPS) is 9.92. The number of para-hydroxylation sites is 1. The minimum atomic E-state index is -1.12. The molecule has 0 aromatic heterocycles. The number of anilines is 2. The summed E-state index contributed by atoms with van der Waals surface area (Å²) in [5.74, 6) is -2.90. The van der Waals surface area contributed by atoms with E-state index in [1.807, 2.05) is 0 Å². The van der Waals surface area contributed by atoms with Crippen molar-refractivity contribution in [3.05, 3.63) is 63.2 Å². The molecule has 0 atom stereocenters. The van der Waals surface area contributed by atoms with Gasteiger partial charge in [-0.05, 0) is 18.2 Å². The van der Waals surface area contributed by atoms with Crippen LogP contribution in [0.4, 0.5) is 17.1 Å². The Balaban J connectivity index is 2.17. The van der Waals surface area contributed by atoms with Crippen LogP contribution >= 0.6 is 11.6 Å². The van der Waals surface area contributed by atoms with Crippen molar-refractivity contribution in [1.82, 2.24) is 0 Å². The number of carbonyl (C=O) groups is 3. The smallest absolute Gasteiger partial charge is 0.339 e. The number of methoxy groups -OCH3 is 1. The Hall–Kier alpha value is -3.46. The van der Waals surface area contributed by atoms with Gasteiger partial charge >= 0.3 is 17.8 Å². The number of carbonyl (C=O) groups excluding carboxylic acids is 3. The average molecular weight is 378 g/mol. The number of halogens is 1. The first-order valence-corrected chi connectivity index (χ1v) is 7.45. The van der Waals surface area contributed by atoms with E-state index in [-0.39, 0.29) is 27.6 Å². The maximum Gasteiger partial charge on any atom is 0.339 e. The predicted molar refractivity (Wildman–Crippen MR) is 93.1 cm³/mol. The van der Waals surface area contributed by atoms with E-state index in [1.54, 1.807) is 12.1 Å². The molecule has 134 valence electrons. The van der Waals surface area contributed by atoms with Crippen LogP contribution in [-0.4, -0.2) is 29.8 Å². The highest BCUT2D eigenvalue weighted by molar-refractivity contribution is 6.45. The number of nitrogens with one attached hydrogen (secondary N) is 2. The molecule has 2 amide bonds. The first kappa shape index (κ1) is 18.9. The molecular weight excluding hydrogens is 366 g/mol. The lowest BCUT2D eigenvalue weighted by molar-refractivity contribution is -0.384. The van der Waals surface area contributed by atoms with E-state index in [0.717, 1.165) is 12.1 Å². The van der Waals surface area contributed by atoms with Gasteiger partial charge < -0.3 is 15.4 Å². The van der Waals surface area contributed by atoms with Crippen molar-refractivity contribution in [2.24, 2.45) is 0 Å². The standard InChI is InChI=1S/C16H12ClN3O6/c1-26-16(23)10-4-2-3-5-12(10)18-14(21)15(22)19-13-8-9(20(24)25)6-7-11(13)17/h2-8H,1H3,(H,18,21)(H,19,22). The summed E-state index contributed by atoms with van der Waals surface area (Å²) in [5.41, 5.74) is -0.266. The molecule has 2 aromatic rings. The first-order chi connectivity index (χ1) is 12.3. The Morgan fingerprint density at radius 3 is 2.27 bits per heavy atom. The topological polar surface area (TPSA) is 128 Å². The van der Waals surface area contributed by atoms with Crippen LogP contribution in [0.15, 0.2) is 42.5 Å². The highest BCUT2D eigenvalue weighted by Crippen LogP contribution is 2.26. The fraction of sp³-hybridized carbons (Fsp3) is 0.0625. The lowest BCUT2D eigenvalue weighted by atomic mass is 10.2. The monoisotopic (exact) mass is 377 g/mol. The molecule has 0 unspecified atom stereocenters. The maximum absolute atomic E-state index is 12.1. The van der Waals surface area contributed by atoms with Crippen LogP contribution in [0, 0.1) is 10.1 Å². The number of nitrogens with zero attached hydrogens (tertiary/aromatic N) is 1. The number of rotatable bonds is 4. The van der Waals surface area contributed by atoms with Crippen molar-refractivity contribution in [3.8, 4) is 0 Å². The predicted octanol–water partition coefficient (Wildman–Crippen LogP) is 2.61. The third kappa shape index (κ3) is 4.33. The van der Waals surface area contributed by atoms with E-state index < -0.39 is 22.7 Å². The van der Waals surface area contributed by atoms with Gasteiger partial charge in [0.25, 0.3) is 5.69 Å². The van der Waals surface area contributed by atoms with Crippen molar-refractivity contribution in [2.45, 2.75) is 0 Å². The van der Waals surface area contributed by atoms with E-state index in [0.29, 0.717) is 0 Å². The zero-order valence-electron chi connectivity index (χ0n) is 13.3. The van der Waals surface area contributed by atoms with E-state index in [1.165, 1.54) is 25.3 Å². The molecule has 0 saturated heterocycles. The molecule has 10 heteroatoms. The van der Waals surface area contributed by atoms with Gasteiger partial charge in [0.05, 0.1) is 34.0 Å². The highest BCUT2D eigenvalue weighted by Gasteiger charge is 2.20. The molecule has 0 radical (unpaired) electrons. The van der Waals surface area contributed by atoms with Crippen molar-refractivity contribution >= 4 is 46.4 Å². The summed E-state index contributed by atoms with van der Waals surface area (Å²) in [6, 6.07) is 9.34. The van der Waals surface area contributed by atoms with Crippen molar-refractivity contribution < 1.29 is 24.0 Å². The largest absolute Gasteiger partial charge is 0.465 e. The SMILES string of the molecule is COC(=O)c1ccccc1NC(=O)C(=O)Nc1cc([N+](=O)[O-])ccc1Cl. The van der Waals surface area contributed by atoms with Gasteiger partial charge in [-0.3, -0.25) is 19.7 Å². The summed E-state index contributed by atoms with van der Waals surface area (Å²) >= 11 is 5.87. The Bertz CT molecular complexity index is 899. The van der Waals surface area contributed by atoms with Gasteiger partial charge in [0.15, 0.2) is 0 Å². The number of nitro benzene ring substituents is 1. The van der Waals surface area contributed by atoms with Gasteiger partial charge in [0.1, 0.15) is 0 Å². The van der Waals surface area contributed by atoms with Crippen LogP contribution in [0.3, 0.4) is 0 Å². The second-order valence-electron chi connectivity index (χ2n) is 4.87. The maximum atomic E-state index is 12.1. The quantitative estimate of drug-likeness (QED) is 0.365. The van der Waals surface area contributed by atoms with Crippen LogP contribution in [0.1, 0.15) is 10.4 Å². The zero-order valence-corrected chi connectivity index (χ0v) is 14.1. The Morgan fingerprint density at radius 2 is 1.65 bits per heavy atom. The van der Waals surface area contributed by atoms with Gasteiger partial charge in [-0.1, -0.05) is 23.7 Å². The molecule has 26 heavy (non-hydrogen) atoms. The van der Waals surface area contributed by atoms with E-state index in [9.17, 15) is 24.5 Å². The number of amides is 2. The van der Waals surface area contributed by atoms with Crippen molar-refractivity contribution in [2.75, 3.05) is 17.7 Å². The molecule has 2 aromatic carbocycles. The summed E-state index contributed by atoms with van der Waals surface area (Å²) in [4.78, 5) is 45.9. The number of esters is 1. The van der Waals surface area contributed by atoms with E-state index >= 15 is 0 Å². The lowest BCUT2D eigenvalue weighted by Gasteiger charge is -2.10. The number of nitro groups is 1. The number of benzene rings is 2. The Morgan fingerprint density at radius 1 is 1.04 bits per heavy atom. The molecule has 0 saturated carbocycles. The number of non-ortho nitro benzene ring substituents is 1. The minimum Gasteiger partial charge on any atom is -0.465 e. The molecule has 0 heterocycles. The molecule has 0 aliphatic heterocycles. The summed E-state index contributed by atoms with van der Waals surface area (Å²) in [6.07, 6.45) is 0.